The molecule has 1 saturated heterocycles. The summed E-state index contributed by atoms with van der Waals surface area (Å²) in [5.41, 5.74) is 5.37. The SMILES string of the molecule is COC(=O)N1CC=C(c2ccc(OC)c(C3=C(CN4C(=O)O[C@H](c5cc(C)cc(C(F)(F)F)c5)[C@@H]4C)CC(C)(C)CC3)c2)CC1. The number of rotatable bonds is 6. The number of ether oxygens (including phenoxy) is 3. The third kappa shape index (κ3) is 6.84. The van der Waals surface area contributed by atoms with Crippen LogP contribution in [0.15, 0.2) is 48.0 Å². The van der Waals surface area contributed by atoms with E-state index >= 15 is 0 Å². The molecule has 2 atom stereocenters. The second-order valence-corrected chi connectivity index (χ2v) is 13.0. The van der Waals surface area contributed by atoms with E-state index < -0.39 is 30.0 Å². The number of nitrogens with zero attached hydrogens (tertiary/aromatic N) is 2. The molecule has 7 nitrogen and oxygen atoms in total. The van der Waals surface area contributed by atoms with Gasteiger partial charge in [0, 0.05) is 25.2 Å². The number of aryl methyl sites for hydroxylation is 1. The second-order valence-electron chi connectivity index (χ2n) is 13.0. The van der Waals surface area contributed by atoms with Gasteiger partial charge in [-0.2, -0.15) is 13.2 Å². The fraction of sp³-hybridized carbons (Fsp3) is 0.486. The standard InChI is InChI=1S/C35H41F3N2O5/c1-21-15-25(17-27(16-21)35(36,37)38)31-22(2)40(33(42)45-31)20-26-19-34(3,4)12-9-28(26)29-18-24(7-8-30(29)43-5)23-10-13-39(14-11-23)32(41)44-6/h7-8,10,15-18,22,31H,9,11-14,19-20H2,1-6H3/t22-,31-/m0/s1. The number of benzene rings is 2. The number of cyclic esters (lactones) is 1. The normalized spacial score (nSPS) is 21.9. The number of hydrogen-bond donors (Lipinski definition) is 0. The van der Waals surface area contributed by atoms with Crippen molar-refractivity contribution in [2.24, 2.45) is 5.41 Å². The number of carbonyl (C=O) groups excluding carboxylic acids is 2. The van der Waals surface area contributed by atoms with E-state index in [1.165, 1.54) is 7.11 Å². The van der Waals surface area contributed by atoms with Gasteiger partial charge >= 0.3 is 18.4 Å². The number of allylic oxidation sites excluding steroid dienone is 1. The van der Waals surface area contributed by atoms with Crippen LogP contribution in [0.4, 0.5) is 22.8 Å². The van der Waals surface area contributed by atoms with Crippen molar-refractivity contribution in [3.63, 3.8) is 0 Å². The fourth-order valence-electron chi connectivity index (χ4n) is 6.77. The highest BCUT2D eigenvalue weighted by Crippen LogP contribution is 2.46. The Morgan fingerprint density at radius 2 is 1.87 bits per heavy atom. The van der Waals surface area contributed by atoms with Gasteiger partial charge in [-0.05, 0) is 97.1 Å². The monoisotopic (exact) mass is 626 g/mol. The first-order valence-electron chi connectivity index (χ1n) is 15.3. The van der Waals surface area contributed by atoms with Crippen molar-refractivity contribution in [1.82, 2.24) is 9.80 Å². The Balaban J connectivity index is 1.48. The molecule has 2 aromatic carbocycles. The maximum atomic E-state index is 13.6. The minimum atomic E-state index is -4.50. The van der Waals surface area contributed by atoms with Gasteiger partial charge in [-0.3, -0.25) is 4.90 Å². The summed E-state index contributed by atoms with van der Waals surface area (Å²) in [7, 11) is 3.02. The van der Waals surface area contributed by atoms with Crippen LogP contribution in [-0.2, 0) is 15.7 Å². The van der Waals surface area contributed by atoms with Crippen LogP contribution in [0.1, 0.15) is 80.4 Å². The molecule has 1 fully saturated rings. The van der Waals surface area contributed by atoms with E-state index in [0.29, 0.717) is 37.2 Å². The summed E-state index contributed by atoms with van der Waals surface area (Å²) in [6, 6.07) is 9.48. The maximum absolute atomic E-state index is 13.6. The molecular formula is C35H41F3N2O5. The summed E-state index contributed by atoms with van der Waals surface area (Å²) in [6.07, 6.45) is -0.998. The molecule has 10 heteroatoms. The van der Waals surface area contributed by atoms with Gasteiger partial charge in [0.2, 0.25) is 0 Å². The highest BCUT2D eigenvalue weighted by molar-refractivity contribution is 5.80. The third-order valence-electron chi connectivity index (χ3n) is 9.22. The lowest BCUT2D eigenvalue weighted by Crippen LogP contribution is -2.35. The molecule has 3 aliphatic rings. The summed E-state index contributed by atoms with van der Waals surface area (Å²) in [4.78, 5) is 28.5. The maximum Gasteiger partial charge on any atom is 0.416 e. The first kappa shape index (κ1) is 32.4. The van der Waals surface area contributed by atoms with Crippen LogP contribution in [-0.4, -0.2) is 61.9 Å². The second kappa shape index (κ2) is 12.4. The molecule has 242 valence electrons. The molecule has 0 bridgehead atoms. The molecule has 2 amide bonds. The molecule has 1 aliphatic carbocycles. The minimum Gasteiger partial charge on any atom is -0.496 e. The van der Waals surface area contributed by atoms with Gasteiger partial charge in [0.25, 0.3) is 0 Å². The number of hydrogen-bond acceptors (Lipinski definition) is 5. The van der Waals surface area contributed by atoms with E-state index in [4.69, 9.17) is 14.2 Å². The zero-order valence-corrected chi connectivity index (χ0v) is 26.7. The van der Waals surface area contributed by atoms with Crippen LogP contribution >= 0.6 is 0 Å². The summed E-state index contributed by atoms with van der Waals surface area (Å²) >= 11 is 0. The minimum absolute atomic E-state index is 0.00264. The zero-order chi connectivity index (χ0) is 32.7. The van der Waals surface area contributed by atoms with E-state index in [0.717, 1.165) is 65.0 Å². The number of halogens is 3. The molecule has 0 aromatic heterocycles. The molecule has 2 aromatic rings. The molecule has 0 saturated carbocycles. The van der Waals surface area contributed by atoms with Crippen molar-refractivity contribution in [3.8, 4) is 5.75 Å². The van der Waals surface area contributed by atoms with Crippen LogP contribution in [0.25, 0.3) is 11.1 Å². The highest BCUT2D eigenvalue weighted by atomic mass is 19.4. The summed E-state index contributed by atoms with van der Waals surface area (Å²) in [6.45, 7) is 9.18. The third-order valence-corrected chi connectivity index (χ3v) is 9.22. The fourth-order valence-corrected chi connectivity index (χ4v) is 6.77. The van der Waals surface area contributed by atoms with Crippen LogP contribution in [0.2, 0.25) is 0 Å². The Labute approximate surface area is 262 Å². The molecular weight excluding hydrogens is 585 g/mol. The highest BCUT2D eigenvalue weighted by Gasteiger charge is 2.42. The van der Waals surface area contributed by atoms with Gasteiger partial charge in [-0.1, -0.05) is 37.6 Å². The predicted octanol–water partition coefficient (Wildman–Crippen LogP) is 8.42. The van der Waals surface area contributed by atoms with E-state index in [-0.39, 0.29) is 11.5 Å². The number of carbonyl (C=O) groups is 2. The molecule has 0 spiro atoms. The lowest BCUT2D eigenvalue weighted by atomic mass is 9.72. The van der Waals surface area contributed by atoms with Gasteiger partial charge in [0.15, 0.2) is 0 Å². The zero-order valence-electron chi connectivity index (χ0n) is 26.7. The molecule has 5 rings (SSSR count). The number of alkyl halides is 3. The first-order valence-corrected chi connectivity index (χ1v) is 15.3. The van der Waals surface area contributed by atoms with Gasteiger partial charge in [-0.25, -0.2) is 9.59 Å². The van der Waals surface area contributed by atoms with Gasteiger partial charge in [-0.15, -0.1) is 0 Å². The summed E-state index contributed by atoms with van der Waals surface area (Å²) in [5, 5.41) is 0. The number of methoxy groups -OCH3 is 2. The van der Waals surface area contributed by atoms with Crippen LogP contribution in [0.5, 0.6) is 5.75 Å². The lowest BCUT2D eigenvalue weighted by Gasteiger charge is -2.36. The molecule has 2 aliphatic heterocycles. The average molecular weight is 627 g/mol. The van der Waals surface area contributed by atoms with Crippen molar-refractivity contribution >= 4 is 23.3 Å². The Morgan fingerprint density at radius 1 is 1.11 bits per heavy atom. The molecule has 0 N–H and O–H groups in total. The van der Waals surface area contributed by atoms with E-state index in [1.807, 2.05) is 25.1 Å². The Bertz CT molecular complexity index is 1540. The van der Waals surface area contributed by atoms with Crippen molar-refractivity contribution in [2.75, 3.05) is 33.9 Å². The van der Waals surface area contributed by atoms with Crippen molar-refractivity contribution in [2.45, 2.75) is 71.7 Å². The molecule has 45 heavy (non-hydrogen) atoms. The van der Waals surface area contributed by atoms with Gasteiger partial charge in [0.1, 0.15) is 11.9 Å². The van der Waals surface area contributed by atoms with Gasteiger partial charge in [0.05, 0.1) is 25.8 Å². The summed E-state index contributed by atoms with van der Waals surface area (Å²) < 4.78 is 57.2. The average Bonchev–Trinajstić information content (AvgIpc) is 3.28. The van der Waals surface area contributed by atoms with Crippen molar-refractivity contribution in [1.29, 1.82) is 0 Å². The smallest absolute Gasteiger partial charge is 0.416 e. The Kier molecular flexibility index (Phi) is 8.97. The van der Waals surface area contributed by atoms with E-state index in [9.17, 15) is 22.8 Å². The van der Waals surface area contributed by atoms with Crippen LogP contribution < -0.4 is 4.74 Å². The first-order chi connectivity index (χ1) is 21.2. The molecule has 0 unspecified atom stereocenters. The van der Waals surface area contributed by atoms with Crippen LogP contribution in [0.3, 0.4) is 0 Å². The molecule has 2 heterocycles. The van der Waals surface area contributed by atoms with E-state index in [2.05, 4.69) is 19.9 Å². The Morgan fingerprint density at radius 3 is 2.51 bits per heavy atom. The van der Waals surface area contributed by atoms with E-state index in [1.54, 1.807) is 29.9 Å². The van der Waals surface area contributed by atoms with Crippen LogP contribution in [0, 0.1) is 12.3 Å². The topological polar surface area (TPSA) is 68.3 Å². The number of amides is 2. The van der Waals surface area contributed by atoms with Crippen molar-refractivity contribution < 1.29 is 37.0 Å². The molecule has 0 radical (unpaired) electrons. The Hall–Kier alpha value is -3.95. The predicted molar refractivity (Wildman–Crippen MR) is 166 cm³/mol. The summed E-state index contributed by atoms with van der Waals surface area (Å²) in [5.74, 6) is 0.730. The quantitative estimate of drug-likeness (QED) is 0.322. The van der Waals surface area contributed by atoms with Crippen molar-refractivity contribution in [3.05, 3.63) is 75.9 Å². The largest absolute Gasteiger partial charge is 0.496 e. The van der Waals surface area contributed by atoms with Gasteiger partial charge < -0.3 is 19.1 Å². The lowest BCUT2D eigenvalue weighted by molar-refractivity contribution is -0.137.